The Morgan fingerprint density at radius 1 is 1.75 bits per heavy atom. The molecule has 0 aromatic rings. The number of sulfonamides is 1. The number of rotatable bonds is 3. The Hall–Kier alpha value is -0.180. The summed E-state index contributed by atoms with van der Waals surface area (Å²) >= 11 is 2.78. The SMILES string of the molecule is O=C1NOC[C@H]1NS(=O)(=O)CBr. The molecule has 1 atom stereocenters. The van der Waals surface area contributed by atoms with Gasteiger partial charge in [0.1, 0.15) is 17.3 Å². The first-order chi connectivity index (χ1) is 5.55. The lowest BCUT2D eigenvalue weighted by molar-refractivity contribution is -0.124. The molecule has 0 radical (unpaired) electrons. The van der Waals surface area contributed by atoms with Crippen molar-refractivity contribution in [1.82, 2.24) is 10.2 Å². The summed E-state index contributed by atoms with van der Waals surface area (Å²) in [7, 11) is -3.41. The molecule has 2 N–H and O–H groups in total. The number of hydrogen-bond acceptors (Lipinski definition) is 4. The fourth-order valence-electron chi connectivity index (χ4n) is 0.679. The number of halogens is 1. The Bertz CT molecular complexity index is 277. The third-order valence-corrected chi connectivity index (χ3v) is 3.94. The molecular weight excluding hydrogens is 252 g/mol. The Morgan fingerprint density at radius 3 is 2.83 bits per heavy atom. The topological polar surface area (TPSA) is 84.5 Å². The molecule has 0 aliphatic carbocycles. The standard InChI is InChI=1S/C4H7BrN2O4S/c5-2-12(9,10)7-3-1-11-6-4(3)8/h3,7H,1-2H2,(H,6,8)/t3-/m1/s1. The average Bonchev–Trinajstić information content (AvgIpc) is 2.36. The fraction of sp³-hybridized carbons (Fsp3) is 0.750. The van der Waals surface area contributed by atoms with Crippen LogP contribution in [0, 0.1) is 0 Å². The lowest BCUT2D eigenvalue weighted by atomic mass is 10.3. The highest BCUT2D eigenvalue weighted by atomic mass is 79.9. The molecule has 1 rings (SSSR count). The highest BCUT2D eigenvalue weighted by Gasteiger charge is 2.29. The molecule has 70 valence electrons. The summed E-state index contributed by atoms with van der Waals surface area (Å²) in [6.45, 7) is 0.0189. The first kappa shape index (κ1) is 9.90. The van der Waals surface area contributed by atoms with Gasteiger partial charge in [0.05, 0.1) is 0 Å². The van der Waals surface area contributed by atoms with Gasteiger partial charge in [-0.2, -0.15) is 4.72 Å². The molecule has 0 aromatic carbocycles. The van der Waals surface area contributed by atoms with E-state index in [-0.39, 0.29) is 11.3 Å². The second-order valence-corrected chi connectivity index (χ2v) is 5.23. The van der Waals surface area contributed by atoms with Crippen LogP contribution in [0.5, 0.6) is 0 Å². The zero-order chi connectivity index (χ0) is 9.19. The van der Waals surface area contributed by atoms with E-state index in [1.54, 1.807) is 0 Å². The zero-order valence-corrected chi connectivity index (χ0v) is 8.31. The van der Waals surface area contributed by atoms with Crippen molar-refractivity contribution in [1.29, 1.82) is 0 Å². The number of alkyl halides is 1. The average molecular weight is 259 g/mol. The first-order valence-corrected chi connectivity index (χ1v) is 5.80. The van der Waals surface area contributed by atoms with E-state index in [0.717, 1.165) is 0 Å². The largest absolute Gasteiger partial charge is 0.271 e. The molecule has 12 heavy (non-hydrogen) atoms. The third kappa shape index (κ3) is 2.41. The predicted octanol–water partition coefficient (Wildman–Crippen LogP) is -1.31. The minimum Gasteiger partial charge on any atom is -0.271 e. The van der Waals surface area contributed by atoms with Crippen LogP contribution in [0.2, 0.25) is 0 Å². The molecular formula is C4H7BrN2O4S. The van der Waals surface area contributed by atoms with Crippen molar-refractivity contribution in [2.75, 3.05) is 11.3 Å². The normalized spacial score (nSPS) is 24.1. The summed E-state index contributed by atoms with van der Waals surface area (Å²) in [5.41, 5.74) is 2.04. The van der Waals surface area contributed by atoms with Crippen LogP contribution < -0.4 is 10.2 Å². The number of nitrogens with one attached hydrogen (secondary N) is 2. The summed E-state index contributed by atoms with van der Waals surface area (Å²) in [6, 6.07) is -0.812. The van der Waals surface area contributed by atoms with Crippen LogP contribution in [0.15, 0.2) is 0 Å². The number of amides is 1. The van der Waals surface area contributed by atoms with E-state index in [1.807, 2.05) is 5.48 Å². The van der Waals surface area contributed by atoms with E-state index < -0.39 is 22.0 Å². The number of carbonyl (C=O) groups is 1. The van der Waals surface area contributed by atoms with E-state index in [0.29, 0.717) is 0 Å². The van der Waals surface area contributed by atoms with Crippen LogP contribution in [0.4, 0.5) is 0 Å². The van der Waals surface area contributed by atoms with Crippen molar-refractivity contribution in [3.8, 4) is 0 Å². The number of carbonyl (C=O) groups excluding carboxylic acids is 1. The predicted molar refractivity (Wildman–Crippen MR) is 43.7 cm³/mol. The van der Waals surface area contributed by atoms with Crippen LogP contribution in [0.3, 0.4) is 0 Å². The van der Waals surface area contributed by atoms with E-state index in [9.17, 15) is 13.2 Å². The van der Waals surface area contributed by atoms with Crippen LogP contribution >= 0.6 is 15.9 Å². The molecule has 0 spiro atoms. The van der Waals surface area contributed by atoms with E-state index >= 15 is 0 Å². The molecule has 0 bridgehead atoms. The van der Waals surface area contributed by atoms with Gasteiger partial charge >= 0.3 is 0 Å². The Labute approximate surface area is 77.8 Å². The Kier molecular flexibility index (Phi) is 3.04. The first-order valence-electron chi connectivity index (χ1n) is 3.03. The van der Waals surface area contributed by atoms with Crippen molar-refractivity contribution < 1.29 is 18.0 Å². The van der Waals surface area contributed by atoms with Crippen LogP contribution in [0.25, 0.3) is 0 Å². The molecule has 1 aliphatic rings. The van der Waals surface area contributed by atoms with Gasteiger partial charge in [-0.25, -0.2) is 13.9 Å². The van der Waals surface area contributed by atoms with E-state index in [4.69, 9.17) is 0 Å². The summed E-state index contributed by atoms with van der Waals surface area (Å²) in [4.78, 5) is 15.3. The van der Waals surface area contributed by atoms with Gasteiger partial charge in [-0.15, -0.1) is 0 Å². The van der Waals surface area contributed by atoms with Gasteiger partial charge < -0.3 is 0 Å². The molecule has 1 aliphatic heterocycles. The number of hydroxylamine groups is 1. The molecule has 1 fully saturated rings. The van der Waals surface area contributed by atoms with Crippen LogP contribution in [0.1, 0.15) is 0 Å². The molecule has 1 heterocycles. The summed E-state index contributed by atoms with van der Waals surface area (Å²) in [5.74, 6) is -0.473. The third-order valence-electron chi connectivity index (χ3n) is 1.20. The van der Waals surface area contributed by atoms with Crippen LogP contribution in [-0.4, -0.2) is 31.6 Å². The lowest BCUT2D eigenvalue weighted by Crippen LogP contribution is -2.41. The van der Waals surface area contributed by atoms with Gasteiger partial charge in [-0.05, 0) is 0 Å². The lowest BCUT2D eigenvalue weighted by Gasteiger charge is -2.05. The van der Waals surface area contributed by atoms with Crippen molar-refractivity contribution in [2.45, 2.75) is 6.04 Å². The van der Waals surface area contributed by atoms with Gasteiger partial charge in [-0.3, -0.25) is 9.63 Å². The van der Waals surface area contributed by atoms with Gasteiger partial charge in [0.2, 0.25) is 10.0 Å². The summed E-state index contributed by atoms with van der Waals surface area (Å²) < 4.78 is 23.7. The monoisotopic (exact) mass is 258 g/mol. The minimum absolute atomic E-state index is 0.0189. The quantitative estimate of drug-likeness (QED) is 0.616. The van der Waals surface area contributed by atoms with Gasteiger partial charge in [0.15, 0.2) is 0 Å². The number of hydrogen-bond donors (Lipinski definition) is 2. The van der Waals surface area contributed by atoms with Crippen molar-refractivity contribution in [3.63, 3.8) is 0 Å². The van der Waals surface area contributed by atoms with Crippen molar-refractivity contribution in [2.24, 2.45) is 0 Å². The highest BCUT2D eigenvalue weighted by Crippen LogP contribution is 1.99. The second-order valence-electron chi connectivity index (χ2n) is 2.17. The Balaban J connectivity index is 2.57. The summed E-state index contributed by atoms with van der Waals surface area (Å²) in [6.07, 6.45) is 0. The molecule has 1 saturated heterocycles. The van der Waals surface area contributed by atoms with Crippen molar-refractivity contribution >= 4 is 31.9 Å². The maximum atomic E-state index is 10.9. The molecule has 8 heteroatoms. The van der Waals surface area contributed by atoms with Crippen molar-refractivity contribution in [3.05, 3.63) is 0 Å². The minimum atomic E-state index is -3.41. The van der Waals surface area contributed by atoms with Crippen LogP contribution in [-0.2, 0) is 19.7 Å². The molecule has 0 unspecified atom stereocenters. The molecule has 0 saturated carbocycles. The van der Waals surface area contributed by atoms with E-state index in [2.05, 4.69) is 25.5 Å². The van der Waals surface area contributed by atoms with Gasteiger partial charge in [-0.1, -0.05) is 15.9 Å². The maximum absolute atomic E-state index is 10.9. The van der Waals surface area contributed by atoms with Gasteiger partial charge in [0, 0.05) is 0 Å². The molecule has 1 amide bonds. The molecule has 0 aromatic heterocycles. The summed E-state index contributed by atoms with van der Waals surface area (Å²) in [5, 5.41) is 0. The second kappa shape index (κ2) is 3.69. The maximum Gasteiger partial charge on any atom is 0.264 e. The van der Waals surface area contributed by atoms with Gasteiger partial charge in [0.25, 0.3) is 5.91 Å². The van der Waals surface area contributed by atoms with E-state index in [1.165, 1.54) is 0 Å². The zero-order valence-electron chi connectivity index (χ0n) is 5.91. The molecule has 6 nitrogen and oxygen atoms in total. The fourth-order valence-corrected chi connectivity index (χ4v) is 1.75. The smallest absolute Gasteiger partial charge is 0.264 e. The highest BCUT2D eigenvalue weighted by molar-refractivity contribution is 9.10. The Morgan fingerprint density at radius 2 is 2.42 bits per heavy atom.